The second-order valence-electron chi connectivity index (χ2n) is 7.90. The lowest BCUT2D eigenvalue weighted by Crippen LogP contribution is -2.14. The maximum Gasteiger partial charge on any atom is 0.255 e. The van der Waals surface area contributed by atoms with Crippen molar-refractivity contribution in [2.75, 3.05) is 5.32 Å². The monoisotopic (exact) mass is 486 g/mol. The molecule has 0 fully saturated rings. The van der Waals surface area contributed by atoms with Crippen LogP contribution in [0, 0.1) is 24.4 Å². The van der Waals surface area contributed by atoms with E-state index in [0.717, 1.165) is 23.4 Å². The van der Waals surface area contributed by atoms with E-state index in [-0.39, 0.29) is 17.1 Å². The number of pyridine rings is 1. The van der Waals surface area contributed by atoms with E-state index in [2.05, 4.69) is 20.3 Å². The number of ether oxygens (including phenoxy) is 1. The first-order valence-corrected chi connectivity index (χ1v) is 10.8. The summed E-state index contributed by atoms with van der Waals surface area (Å²) in [5, 5.41) is 2.24. The first-order valence-electron chi connectivity index (χ1n) is 10.8. The van der Waals surface area contributed by atoms with E-state index in [1.54, 1.807) is 30.6 Å². The number of carbonyl (C=O) groups is 1. The maximum absolute atomic E-state index is 14.8. The summed E-state index contributed by atoms with van der Waals surface area (Å²) in [5.41, 5.74) is 2.90. The molecule has 2 aromatic heterocycles. The molecule has 1 amide bonds. The van der Waals surface area contributed by atoms with E-state index in [9.17, 15) is 18.0 Å². The minimum Gasteiger partial charge on any atom is -0.454 e. The number of amides is 1. The first-order chi connectivity index (χ1) is 17.4. The van der Waals surface area contributed by atoms with Crippen molar-refractivity contribution in [3.63, 3.8) is 0 Å². The molecule has 5 rings (SSSR count). The molecule has 36 heavy (non-hydrogen) atoms. The molecule has 0 saturated heterocycles. The standard InChI is InChI=1S/C27H17F3N4O2/c1-15-5-6-17(13-31-15)23-14-32-20-8-7-19(12-22(20)33-23)36-24-10-9-21(25(29)26(24)30)34-27(35)16-3-2-4-18(28)11-16/h2-14H,1H3,(H,34,35). The van der Waals surface area contributed by atoms with E-state index in [1.807, 2.05) is 19.1 Å². The molecule has 9 heteroatoms. The minimum absolute atomic E-state index is 0.0341. The molecule has 178 valence electrons. The Kier molecular flexibility index (Phi) is 6.03. The van der Waals surface area contributed by atoms with Crippen molar-refractivity contribution in [2.45, 2.75) is 6.92 Å². The highest BCUT2D eigenvalue weighted by Crippen LogP contribution is 2.31. The highest BCUT2D eigenvalue weighted by atomic mass is 19.2. The van der Waals surface area contributed by atoms with Gasteiger partial charge in [-0.05, 0) is 61.5 Å². The predicted molar refractivity (Wildman–Crippen MR) is 128 cm³/mol. The average molecular weight is 486 g/mol. The van der Waals surface area contributed by atoms with Crippen LogP contribution in [0.2, 0.25) is 0 Å². The number of carbonyl (C=O) groups excluding carboxylic acids is 1. The molecule has 0 atom stereocenters. The van der Waals surface area contributed by atoms with Gasteiger partial charge in [0.2, 0.25) is 5.82 Å². The smallest absolute Gasteiger partial charge is 0.255 e. The van der Waals surface area contributed by atoms with Gasteiger partial charge in [0.1, 0.15) is 11.6 Å². The van der Waals surface area contributed by atoms with Gasteiger partial charge in [-0.25, -0.2) is 13.8 Å². The summed E-state index contributed by atoms with van der Waals surface area (Å²) in [4.78, 5) is 25.5. The van der Waals surface area contributed by atoms with Gasteiger partial charge in [-0.3, -0.25) is 14.8 Å². The van der Waals surface area contributed by atoms with Crippen molar-refractivity contribution in [3.05, 3.63) is 108 Å². The van der Waals surface area contributed by atoms with Crippen LogP contribution in [0.25, 0.3) is 22.3 Å². The van der Waals surface area contributed by atoms with E-state index in [1.165, 1.54) is 24.3 Å². The van der Waals surface area contributed by atoms with Crippen LogP contribution >= 0.6 is 0 Å². The summed E-state index contributed by atoms with van der Waals surface area (Å²) < 4.78 is 48.3. The second kappa shape index (κ2) is 9.46. The van der Waals surface area contributed by atoms with E-state index >= 15 is 0 Å². The van der Waals surface area contributed by atoms with Gasteiger partial charge in [-0.15, -0.1) is 0 Å². The fraction of sp³-hybridized carbons (Fsp3) is 0.0370. The van der Waals surface area contributed by atoms with Gasteiger partial charge >= 0.3 is 0 Å². The summed E-state index contributed by atoms with van der Waals surface area (Å²) in [6.45, 7) is 1.88. The predicted octanol–water partition coefficient (Wildman–Crippen LogP) is 6.46. The summed E-state index contributed by atoms with van der Waals surface area (Å²) in [6.07, 6.45) is 3.32. The lowest BCUT2D eigenvalue weighted by atomic mass is 10.2. The number of hydrogen-bond donors (Lipinski definition) is 1. The quantitative estimate of drug-likeness (QED) is 0.308. The van der Waals surface area contributed by atoms with Crippen molar-refractivity contribution in [2.24, 2.45) is 0 Å². The Labute approximate surface area is 203 Å². The van der Waals surface area contributed by atoms with E-state index in [4.69, 9.17) is 4.74 Å². The van der Waals surface area contributed by atoms with Crippen molar-refractivity contribution in [3.8, 4) is 22.8 Å². The molecule has 3 aromatic carbocycles. The van der Waals surface area contributed by atoms with Gasteiger partial charge < -0.3 is 10.1 Å². The zero-order chi connectivity index (χ0) is 25.2. The number of aromatic nitrogens is 3. The number of anilines is 1. The average Bonchev–Trinajstić information content (AvgIpc) is 2.88. The fourth-order valence-electron chi connectivity index (χ4n) is 3.47. The number of rotatable bonds is 5. The molecular formula is C27H17F3N4O2. The summed E-state index contributed by atoms with van der Waals surface area (Å²) in [5.74, 6) is -4.19. The Hall–Kier alpha value is -4.79. The van der Waals surface area contributed by atoms with Crippen LogP contribution in [0.5, 0.6) is 11.5 Å². The molecule has 6 nitrogen and oxygen atoms in total. The third-order valence-corrected chi connectivity index (χ3v) is 5.33. The number of nitrogens with one attached hydrogen (secondary N) is 1. The zero-order valence-electron chi connectivity index (χ0n) is 18.8. The topological polar surface area (TPSA) is 77.0 Å². The number of aryl methyl sites for hydroxylation is 1. The number of benzene rings is 3. The molecule has 0 saturated carbocycles. The van der Waals surface area contributed by atoms with Crippen LogP contribution in [-0.2, 0) is 0 Å². The van der Waals surface area contributed by atoms with Gasteiger partial charge in [-0.2, -0.15) is 4.39 Å². The zero-order valence-corrected chi connectivity index (χ0v) is 18.8. The molecule has 0 radical (unpaired) electrons. The van der Waals surface area contributed by atoms with Crippen molar-refractivity contribution >= 4 is 22.6 Å². The highest BCUT2D eigenvalue weighted by molar-refractivity contribution is 6.04. The Bertz CT molecular complexity index is 1610. The molecule has 0 spiro atoms. The van der Waals surface area contributed by atoms with Gasteiger partial charge in [0.05, 0.1) is 28.6 Å². The minimum atomic E-state index is -1.31. The molecule has 0 aliphatic rings. The van der Waals surface area contributed by atoms with Crippen molar-refractivity contribution < 1.29 is 22.7 Å². The van der Waals surface area contributed by atoms with Gasteiger partial charge in [0.25, 0.3) is 5.91 Å². The number of fused-ring (bicyclic) bond motifs is 1. The van der Waals surface area contributed by atoms with Crippen LogP contribution in [-0.4, -0.2) is 20.9 Å². The lowest BCUT2D eigenvalue weighted by Gasteiger charge is -2.12. The summed E-state index contributed by atoms with van der Waals surface area (Å²) in [6, 6.07) is 15.7. The fourth-order valence-corrected chi connectivity index (χ4v) is 3.47. The molecule has 5 aromatic rings. The highest BCUT2D eigenvalue weighted by Gasteiger charge is 2.18. The first kappa shape index (κ1) is 23.0. The van der Waals surface area contributed by atoms with Crippen LogP contribution in [0.4, 0.5) is 18.9 Å². The Morgan fingerprint density at radius 1 is 0.861 bits per heavy atom. The molecule has 0 aliphatic heterocycles. The Balaban J connectivity index is 1.39. The van der Waals surface area contributed by atoms with Gasteiger partial charge in [-0.1, -0.05) is 6.07 Å². The summed E-state index contributed by atoms with van der Waals surface area (Å²) >= 11 is 0. The molecule has 0 aliphatic carbocycles. The SMILES string of the molecule is Cc1ccc(-c2cnc3ccc(Oc4ccc(NC(=O)c5cccc(F)c5)c(F)c4F)cc3n2)cn1. The van der Waals surface area contributed by atoms with Crippen LogP contribution in [0.1, 0.15) is 16.1 Å². The maximum atomic E-state index is 14.8. The third kappa shape index (κ3) is 4.72. The largest absolute Gasteiger partial charge is 0.454 e. The van der Waals surface area contributed by atoms with Crippen LogP contribution in [0.15, 0.2) is 79.1 Å². The normalized spacial score (nSPS) is 10.9. The third-order valence-electron chi connectivity index (χ3n) is 5.33. The molecule has 1 N–H and O–H groups in total. The number of nitrogens with zero attached hydrogens (tertiary/aromatic N) is 3. The number of halogens is 3. The summed E-state index contributed by atoms with van der Waals surface area (Å²) in [7, 11) is 0. The molecule has 0 unspecified atom stereocenters. The lowest BCUT2D eigenvalue weighted by molar-refractivity contribution is 0.102. The Morgan fingerprint density at radius 3 is 2.50 bits per heavy atom. The van der Waals surface area contributed by atoms with Crippen molar-refractivity contribution in [1.29, 1.82) is 0 Å². The second-order valence-corrected chi connectivity index (χ2v) is 7.90. The number of hydrogen-bond acceptors (Lipinski definition) is 5. The van der Waals surface area contributed by atoms with E-state index in [0.29, 0.717) is 16.7 Å². The van der Waals surface area contributed by atoms with Gasteiger partial charge in [0.15, 0.2) is 11.6 Å². The van der Waals surface area contributed by atoms with Crippen LogP contribution in [0.3, 0.4) is 0 Å². The van der Waals surface area contributed by atoms with Crippen LogP contribution < -0.4 is 10.1 Å². The van der Waals surface area contributed by atoms with Crippen molar-refractivity contribution in [1.82, 2.24) is 15.0 Å². The van der Waals surface area contributed by atoms with E-state index < -0.39 is 29.0 Å². The van der Waals surface area contributed by atoms with Gasteiger partial charge in [0, 0.05) is 29.1 Å². The molecule has 0 bridgehead atoms. The Morgan fingerprint density at radius 2 is 1.72 bits per heavy atom. The molecule has 2 heterocycles. The molecular weight excluding hydrogens is 469 g/mol.